The van der Waals surface area contributed by atoms with E-state index in [0.717, 1.165) is 45.3 Å². The fraction of sp³-hybridized carbons (Fsp3) is 0.0588. The van der Waals surface area contributed by atoms with E-state index in [4.69, 9.17) is 4.74 Å². The molecule has 10 rings (SSSR count). The summed E-state index contributed by atoms with van der Waals surface area (Å²) >= 11 is 0. The Morgan fingerprint density at radius 3 is 1.77 bits per heavy atom. The first-order valence-electron chi connectivity index (χ1n) is 18.4. The average molecular weight is 680 g/mol. The summed E-state index contributed by atoms with van der Waals surface area (Å²) in [5.74, 6) is 1.73. The summed E-state index contributed by atoms with van der Waals surface area (Å²) in [7, 11) is 0. The predicted octanol–water partition coefficient (Wildman–Crippen LogP) is 14.2. The van der Waals surface area contributed by atoms with Gasteiger partial charge in [0.15, 0.2) is 0 Å². The molecule has 2 aliphatic rings. The Morgan fingerprint density at radius 2 is 0.943 bits per heavy atom. The molecule has 0 atom stereocenters. The molecule has 0 saturated carbocycles. The number of anilines is 3. The summed E-state index contributed by atoms with van der Waals surface area (Å²) in [5, 5.41) is 0. The van der Waals surface area contributed by atoms with Crippen molar-refractivity contribution in [3.8, 4) is 67.1 Å². The van der Waals surface area contributed by atoms with Gasteiger partial charge in [0.05, 0.1) is 5.69 Å². The molecule has 0 radical (unpaired) electrons. The summed E-state index contributed by atoms with van der Waals surface area (Å²) < 4.78 is 6.58. The first-order chi connectivity index (χ1) is 26.1. The fourth-order valence-electron chi connectivity index (χ4n) is 8.57. The van der Waals surface area contributed by atoms with Crippen LogP contribution in [0.15, 0.2) is 188 Å². The summed E-state index contributed by atoms with van der Waals surface area (Å²) in [6.45, 7) is 4.70. The molecule has 2 nitrogen and oxygen atoms in total. The van der Waals surface area contributed by atoms with Crippen LogP contribution < -0.4 is 9.64 Å². The van der Waals surface area contributed by atoms with E-state index in [2.05, 4.69) is 195 Å². The zero-order chi connectivity index (χ0) is 35.5. The molecular weight excluding hydrogens is 643 g/mol. The van der Waals surface area contributed by atoms with Crippen LogP contribution in [-0.2, 0) is 5.41 Å². The lowest BCUT2D eigenvalue weighted by Crippen LogP contribution is -2.17. The third kappa shape index (κ3) is 5.02. The van der Waals surface area contributed by atoms with Crippen LogP contribution in [0.25, 0.3) is 55.6 Å². The Kier molecular flexibility index (Phi) is 7.19. The molecule has 53 heavy (non-hydrogen) atoms. The quantitative estimate of drug-likeness (QED) is 0.180. The van der Waals surface area contributed by atoms with E-state index in [1.165, 1.54) is 50.1 Å². The lowest BCUT2D eigenvalue weighted by Gasteiger charge is -2.30. The molecule has 0 N–H and O–H groups in total. The maximum absolute atomic E-state index is 6.58. The molecule has 1 aliphatic heterocycles. The Balaban J connectivity index is 1.20. The van der Waals surface area contributed by atoms with Crippen molar-refractivity contribution in [1.29, 1.82) is 0 Å². The summed E-state index contributed by atoms with van der Waals surface area (Å²) in [6.07, 6.45) is 0. The van der Waals surface area contributed by atoms with Gasteiger partial charge in [-0.05, 0) is 87.0 Å². The van der Waals surface area contributed by atoms with Crippen molar-refractivity contribution in [3.05, 3.63) is 199 Å². The summed E-state index contributed by atoms with van der Waals surface area (Å²) in [6, 6.07) is 67.8. The number of benzene rings is 8. The van der Waals surface area contributed by atoms with Crippen molar-refractivity contribution in [2.75, 3.05) is 4.90 Å². The Labute approximate surface area is 311 Å². The topological polar surface area (TPSA) is 12.5 Å². The van der Waals surface area contributed by atoms with Crippen LogP contribution in [0.3, 0.4) is 0 Å². The molecule has 1 heterocycles. The zero-order valence-corrected chi connectivity index (χ0v) is 29.8. The van der Waals surface area contributed by atoms with E-state index < -0.39 is 0 Å². The van der Waals surface area contributed by atoms with Crippen LogP contribution in [0.2, 0.25) is 0 Å². The molecule has 0 bridgehead atoms. The van der Waals surface area contributed by atoms with E-state index in [0.29, 0.717) is 0 Å². The molecule has 0 fully saturated rings. The second-order valence-corrected chi connectivity index (χ2v) is 14.5. The van der Waals surface area contributed by atoms with Crippen molar-refractivity contribution < 1.29 is 4.74 Å². The van der Waals surface area contributed by atoms with Gasteiger partial charge >= 0.3 is 0 Å². The lowest BCUT2D eigenvalue weighted by atomic mass is 9.82. The SMILES string of the molecule is CC1(C)c2ccccc2-c2ccc(N(c3cccc(-c4cccc5c4-c4ccccc4Oc4ccccc4-5)c3)c3ccccc3-c3ccccc3)cc21. The average Bonchev–Trinajstić information content (AvgIpc) is 3.34. The van der Waals surface area contributed by atoms with Crippen molar-refractivity contribution in [2.45, 2.75) is 19.3 Å². The number of para-hydroxylation sites is 3. The highest BCUT2D eigenvalue weighted by molar-refractivity contribution is 6.00. The Bertz CT molecular complexity index is 2690. The van der Waals surface area contributed by atoms with Gasteiger partial charge in [-0.3, -0.25) is 0 Å². The zero-order valence-electron chi connectivity index (χ0n) is 29.8. The van der Waals surface area contributed by atoms with E-state index in [1.54, 1.807) is 0 Å². The van der Waals surface area contributed by atoms with Gasteiger partial charge in [0.25, 0.3) is 0 Å². The third-order valence-electron chi connectivity index (χ3n) is 11.1. The van der Waals surface area contributed by atoms with Gasteiger partial charge in [-0.1, -0.05) is 159 Å². The van der Waals surface area contributed by atoms with Crippen molar-refractivity contribution in [2.24, 2.45) is 0 Å². The maximum atomic E-state index is 6.58. The van der Waals surface area contributed by atoms with Crippen molar-refractivity contribution in [1.82, 2.24) is 0 Å². The highest BCUT2D eigenvalue weighted by Crippen LogP contribution is 2.53. The number of hydrogen-bond donors (Lipinski definition) is 0. The van der Waals surface area contributed by atoms with Crippen LogP contribution >= 0.6 is 0 Å². The minimum Gasteiger partial charge on any atom is -0.456 e. The third-order valence-corrected chi connectivity index (χ3v) is 11.1. The molecule has 252 valence electrons. The maximum Gasteiger partial charge on any atom is 0.135 e. The molecule has 0 saturated heterocycles. The molecule has 0 spiro atoms. The van der Waals surface area contributed by atoms with E-state index >= 15 is 0 Å². The number of fused-ring (bicyclic) bond motifs is 8. The molecule has 8 aromatic carbocycles. The smallest absolute Gasteiger partial charge is 0.135 e. The number of rotatable bonds is 5. The summed E-state index contributed by atoms with van der Waals surface area (Å²) in [5.41, 5.74) is 17.8. The minimum atomic E-state index is -0.123. The molecule has 2 heteroatoms. The number of ether oxygens (including phenoxy) is 1. The summed E-state index contributed by atoms with van der Waals surface area (Å²) in [4.78, 5) is 2.44. The van der Waals surface area contributed by atoms with Crippen LogP contribution in [0.1, 0.15) is 25.0 Å². The van der Waals surface area contributed by atoms with Gasteiger partial charge in [0.1, 0.15) is 11.5 Å². The minimum absolute atomic E-state index is 0.123. The normalized spacial score (nSPS) is 13.0. The van der Waals surface area contributed by atoms with Gasteiger partial charge in [0, 0.05) is 39.0 Å². The lowest BCUT2D eigenvalue weighted by molar-refractivity contribution is 0.488. The monoisotopic (exact) mass is 679 g/mol. The van der Waals surface area contributed by atoms with E-state index in [9.17, 15) is 0 Å². The molecular formula is C51H37NO. The Morgan fingerprint density at radius 1 is 0.377 bits per heavy atom. The van der Waals surface area contributed by atoms with Gasteiger partial charge in [-0.2, -0.15) is 0 Å². The van der Waals surface area contributed by atoms with Gasteiger partial charge in [-0.25, -0.2) is 0 Å². The van der Waals surface area contributed by atoms with Gasteiger partial charge in [0.2, 0.25) is 0 Å². The van der Waals surface area contributed by atoms with Crippen LogP contribution in [0.5, 0.6) is 11.5 Å². The fourth-order valence-corrected chi connectivity index (χ4v) is 8.57. The molecule has 1 aliphatic carbocycles. The molecule has 0 unspecified atom stereocenters. The van der Waals surface area contributed by atoms with Crippen LogP contribution in [-0.4, -0.2) is 0 Å². The van der Waals surface area contributed by atoms with Crippen molar-refractivity contribution in [3.63, 3.8) is 0 Å². The van der Waals surface area contributed by atoms with Crippen LogP contribution in [0.4, 0.5) is 17.1 Å². The standard InChI is InChI=1S/C51H37NO/c1-51(2)45-26-10-6-21-40(45)41-31-30-37(33-46(41)51)52(47-27-11-7-20-38(47)34-16-4-3-5-17-34)36-19-14-18-35(32-36)39-24-15-25-43-42-22-8-12-28-48(42)53-49-29-13-9-23-44(49)50(39)43/h3-33H,1-2H3. The molecule has 0 amide bonds. The first-order valence-corrected chi connectivity index (χ1v) is 18.4. The molecule has 0 aromatic heterocycles. The number of hydrogen-bond acceptors (Lipinski definition) is 2. The Hall–Kier alpha value is -6.64. The van der Waals surface area contributed by atoms with Gasteiger partial charge < -0.3 is 9.64 Å². The van der Waals surface area contributed by atoms with Crippen LogP contribution in [0, 0.1) is 0 Å². The second-order valence-electron chi connectivity index (χ2n) is 14.5. The molecule has 8 aromatic rings. The highest BCUT2D eigenvalue weighted by atomic mass is 16.5. The second kappa shape index (κ2) is 12.3. The van der Waals surface area contributed by atoms with Gasteiger partial charge in [-0.15, -0.1) is 0 Å². The van der Waals surface area contributed by atoms with Crippen molar-refractivity contribution >= 4 is 17.1 Å². The highest BCUT2D eigenvalue weighted by Gasteiger charge is 2.36. The predicted molar refractivity (Wildman–Crippen MR) is 221 cm³/mol. The first kappa shape index (κ1) is 31.1. The largest absolute Gasteiger partial charge is 0.456 e. The number of nitrogens with zero attached hydrogens (tertiary/aromatic N) is 1. The van der Waals surface area contributed by atoms with E-state index in [-0.39, 0.29) is 5.41 Å². The van der Waals surface area contributed by atoms with E-state index in [1.807, 2.05) is 12.1 Å².